The Morgan fingerprint density at radius 3 is 2.31 bits per heavy atom. The van der Waals surface area contributed by atoms with Crippen LogP contribution in [0.4, 0.5) is 4.79 Å². The first-order chi connectivity index (χ1) is 15.2. The fraction of sp³-hybridized carbons (Fsp3) is 0.286. The number of carbonyl (C=O) groups is 3. The summed E-state index contributed by atoms with van der Waals surface area (Å²) in [5, 5.41) is 10.2. The first-order valence-electron chi connectivity index (χ1n) is 9.80. The summed E-state index contributed by atoms with van der Waals surface area (Å²) in [6.45, 7) is 0.339. The van der Waals surface area contributed by atoms with E-state index in [1.807, 2.05) is 12.1 Å². The molecule has 4 N–H and O–H groups in total. The average Bonchev–Trinajstić information content (AvgIpc) is 3.03. The number of rotatable bonds is 9. The highest BCUT2D eigenvalue weighted by atomic mass is 32.2. The van der Waals surface area contributed by atoms with E-state index in [1.165, 1.54) is 24.3 Å². The number of hydrogen-bond acceptors (Lipinski definition) is 6. The van der Waals surface area contributed by atoms with E-state index in [4.69, 9.17) is 9.88 Å². The molecule has 1 aliphatic rings. The fourth-order valence-electron chi connectivity index (χ4n) is 3.22. The summed E-state index contributed by atoms with van der Waals surface area (Å²) in [6, 6.07) is 11.6. The van der Waals surface area contributed by atoms with E-state index in [2.05, 4.69) is 10.6 Å². The highest BCUT2D eigenvalue weighted by Gasteiger charge is 2.38. The van der Waals surface area contributed by atoms with Gasteiger partial charge in [0, 0.05) is 13.1 Å². The number of imide groups is 1. The van der Waals surface area contributed by atoms with Crippen molar-refractivity contribution in [3.63, 3.8) is 0 Å². The largest absolute Gasteiger partial charge is 0.497 e. The molecule has 1 aliphatic heterocycles. The van der Waals surface area contributed by atoms with Gasteiger partial charge < -0.3 is 15.4 Å². The first kappa shape index (κ1) is 23.2. The van der Waals surface area contributed by atoms with E-state index in [0.29, 0.717) is 12.0 Å². The third-order valence-electron chi connectivity index (χ3n) is 5.02. The van der Waals surface area contributed by atoms with Gasteiger partial charge >= 0.3 is 6.03 Å². The van der Waals surface area contributed by atoms with Gasteiger partial charge in [-0.3, -0.25) is 14.5 Å². The van der Waals surface area contributed by atoms with Gasteiger partial charge in [0.25, 0.3) is 5.91 Å². The normalized spacial score (nSPS) is 16.1. The third-order valence-corrected chi connectivity index (χ3v) is 5.95. The fourth-order valence-corrected chi connectivity index (χ4v) is 3.73. The summed E-state index contributed by atoms with van der Waals surface area (Å²) < 4.78 is 27.6. The van der Waals surface area contributed by atoms with Crippen LogP contribution in [-0.2, 0) is 32.6 Å². The minimum absolute atomic E-state index is 0.0263. The van der Waals surface area contributed by atoms with Gasteiger partial charge in [-0.1, -0.05) is 24.3 Å². The Morgan fingerprint density at radius 2 is 1.72 bits per heavy atom. The van der Waals surface area contributed by atoms with Crippen molar-refractivity contribution in [2.75, 3.05) is 13.7 Å². The first-order valence-corrected chi connectivity index (χ1v) is 11.4. The van der Waals surface area contributed by atoms with Crippen LogP contribution in [0.1, 0.15) is 17.5 Å². The lowest BCUT2D eigenvalue weighted by Gasteiger charge is -2.13. The van der Waals surface area contributed by atoms with Crippen molar-refractivity contribution in [3.8, 4) is 5.75 Å². The zero-order valence-corrected chi connectivity index (χ0v) is 18.2. The van der Waals surface area contributed by atoms with Crippen molar-refractivity contribution in [2.24, 2.45) is 5.14 Å². The predicted molar refractivity (Wildman–Crippen MR) is 115 cm³/mol. The molecule has 0 unspecified atom stereocenters. The molecular weight excluding hydrogens is 436 g/mol. The monoisotopic (exact) mass is 460 g/mol. The Labute approximate surface area is 185 Å². The van der Waals surface area contributed by atoms with Crippen molar-refractivity contribution in [2.45, 2.75) is 30.3 Å². The van der Waals surface area contributed by atoms with Crippen LogP contribution in [0.25, 0.3) is 0 Å². The standard InChI is InChI=1S/C21H24N4O6S/c1-31-16-6-2-14(3-7-16)10-11-25-20(27)18(24-21(25)28)12-19(26)23-13-15-4-8-17(9-5-15)32(22,29)30/h2-9,18H,10-13H2,1H3,(H,23,26)(H,24,28)(H2,22,29,30)/t18-/m0/s1. The number of nitrogens with one attached hydrogen (secondary N) is 2. The van der Waals surface area contributed by atoms with Crippen LogP contribution in [-0.4, -0.2) is 50.9 Å². The van der Waals surface area contributed by atoms with E-state index < -0.39 is 33.9 Å². The highest BCUT2D eigenvalue weighted by Crippen LogP contribution is 2.15. The van der Waals surface area contributed by atoms with Crippen LogP contribution >= 0.6 is 0 Å². The number of hydrogen-bond donors (Lipinski definition) is 3. The molecule has 1 atom stereocenters. The van der Waals surface area contributed by atoms with Gasteiger partial charge in [-0.05, 0) is 41.8 Å². The Bertz CT molecular complexity index is 1100. The Morgan fingerprint density at radius 1 is 1.09 bits per heavy atom. The molecule has 0 radical (unpaired) electrons. The number of primary sulfonamides is 1. The van der Waals surface area contributed by atoms with Crippen molar-refractivity contribution in [1.82, 2.24) is 15.5 Å². The second-order valence-corrected chi connectivity index (χ2v) is 8.82. The number of methoxy groups -OCH3 is 1. The Kier molecular flexibility index (Phi) is 7.11. The van der Waals surface area contributed by atoms with Crippen LogP contribution in [0.3, 0.4) is 0 Å². The van der Waals surface area contributed by atoms with Gasteiger partial charge in [-0.2, -0.15) is 0 Å². The molecule has 32 heavy (non-hydrogen) atoms. The summed E-state index contributed by atoms with van der Waals surface area (Å²) in [5.74, 6) is -0.150. The lowest BCUT2D eigenvalue weighted by molar-refractivity contribution is -0.130. The minimum Gasteiger partial charge on any atom is -0.497 e. The molecule has 0 aliphatic carbocycles. The maximum atomic E-state index is 12.6. The molecule has 11 heteroatoms. The van der Waals surface area contributed by atoms with Crippen molar-refractivity contribution in [3.05, 3.63) is 59.7 Å². The van der Waals surface area contributed by atoms with Gasteiger partial charge in [0.1, 0.15) is 11.8 Å². The molecule has 2 aromatic carbocycles. The van der Waals surface area contributed by atoms with Crippen molar-refractivity contribution in [1.29, 1.82) is 0 Å². The molecule has 0 bridgehead atoms. The van der Waals surface area contributed by atoms with Crippen molar-refractivity contribution < 1.29 is 27.5 Å². The zero-order valence-electron chi connectivity index (χ0n) is 17.4. The lowest BCUT2D eigenvalue weighted by Crippen LogP contribution is -2.36. The lowest BCUT2D eigenvalue weighted by atomic mass is 10.1. The maximum Gasteiger partial charge on any atom is 0.324 e. The van der Waals surface area contributed by atoms with E-state index >= 15 is 0 Å². The third kappa shape index (κ3) is 5.83. The maximum absolute atomic E-state index is 12.6. The smallest absolute Gasteiger partial charge is 0.324 e. The topological polar surface area (TPSA) is 148 Å². The predicted octanol–water partition coefficient (Wildman–Crippen LogP) is 0.512. The average molecular weight is 461 g/mol. The molecule has 0 aromatic heterocycles. The second kappa shape index (κ2) is 9.79. The molecule has 1 heterocycles. The highest BCUT2D eigenvalue weighted by molar-refractivity contribution is 7.89. The second-order valence-electron chi connectivity index (χ2n) is 7.26. The number of ether oxygens (including phenoxy) is 1. The summed E-state index contributed by atoms with van der Waals surface area (Å²) in [7, 11) is -2.21. The van der Waals surface area contributed by atoms with E-state index in [1.54, 1.807) is 19.2 Å². The van der Waals surface area contributed by atoms with E-state index in [9.17, 15) is 22.8 Å². The number of benzene rings is 2. The minimum atomic E-state index is -3.78. The molecule has 3 rings (SSSR count). The van der Waals surface area contributed by atoms with Crippen LogP contribution in [0.15, 0.2) is 53.4 Å². The molecule has 1 saturated heterocycles. The van der Waals surface area contributed by atoms with Gasteiger partial charge in [0.05, 0.1) is 18.4 Å². The summed E-state index contributed by atoms with van der Waals surface area (Å²) >= 11 is 0. The number of carbonyl (C=O) groups excluding carboxylic acids is 3. The van der Waals surface area contributed by atoms with E-state index in [0.717, 1.165) is 16.2 Å². The number of urea groups is 1. The Hall–Kier alpha value is -3.44. The summed E-state index contributed by atoms with van der Waals surface area (Å²) in [6.07, 6.45) is 0.287. The quantitative estimate of drug-likeness (QED) is 0.465. The van der Waals surface area contributed by atoms with E-state index in [-0.39, 0.29) is 24.4 Å². The van der Waals surface area contributed by atoms with Crippen LogP contribution in [0.5, 0.6) is 5.75 Å². The van der Waals surface area contributed by atoms with Crippen molar-refractivity contribution >= 4 is 27.9 Å². The Balaban J connectivity index is 1.48. The molecule has 170 valence electrons. The van der Waals surface area contributed by atoms with Gasteiger partial charge in [0.2, 0.25) is 15.9 Å². The molecule has 0 saturated carbocycles. The molecule has 0 spiro atoms. The van der Waals surface area contributed by atoms with Crippen LogP contribution < -0.4 is 20.5 Å². The van der Waals surface area contributed by atoms with Gasteiger partial charge in [-0.25, -0.2) is 18.4 Å². The van der Waals surface area contributed by atoms with Gasteiger partial charge in [-0.15, -0.1) is 0 Å². The molecule has 4 amide bonds. The SMILES string of the molecule is COc1ccc(CCN2C(=O)N[C@@H](CC(=O)NCc3ccc(S(N)(=O)=O)cc3)C2=O)cc1. The molecule has 1 fully saturated rings. The number of amides is 4. The molecule has 10 nitrogen and oxygen atoms in total. The summed E-state index contributed by atoms with van der Waals surface area (Å²) in [4.78, 5) is 38.0. The number of sulfonamides is 1. The number of nitrogens with zero attached hydrogens (tertiary/aromatic N) is 1. The summed E-state index contributed by atoms with van der Waals surface area (Å²) in [5.41, 5.74) is 1.61. The van der Waals surface area contributed by atoms with Crippen LogP contribution in [0.2, 0.25) is 0 Å². The molecule has 2 aromatic rings. The molecular formula is C21H24N4O6S. The zero-order chi connectivity index (χ0) is 23.3. The number of nitrogens with two attached hydrogens (primary N) is 1. The van der Waals surface area contributed by atoms with Gasteiger partial charge in [0.15, 0.2) is 0 Å². The van der Waals surface area contributed by atoms with Crippen LogP contribution in [0, 0.1) is 0 Å².